The Morgan fingerprint density at radius 2 is 2.00 bits per heavy atom. The zero-order valence-electron chi connectivity index (χ0n) is 13.0. The van der Waals surface area contributed by atoms with Crippen molar-refractivity contribution in [1.82, 2.24) is 9.55 Å². The Balaban J connectivity index is 2.06. The third-order valence-electron chi connectivity index (χ3n) is 3.52. The largest absolute Gasteiger partial charge is 0.459 e. The Labute approximate surface area is 131 Å². The lowest BCUT2D eigenvalue weighted by molar-refractivity contribution is 0.0483. The molecule has 0 saturated heterocycles. The summed E-state index contributed by atoms with van der Waals surface area (Å²) in [7, 11) is 0. The van der Waals surface area contributed by atoms with Crippen molar-refractivity contribution in [3.63, 3.8) is 0 Å². The molecule has 2 rings (SSSR count). The topological polar surface area (TPSA) is 81.2 Å². The van der Waals surface area contributed by atoms with Crippen molar-refractivity contribution in [2.45, 2.75) is 34.2 Å². The van der Waals surface area contributed by atoms with Gasteiger partial charge in [0.2, 0.25) is 0 Å². The van der Waals surface area contributed by atoms with Gasteiger partial charge in [0.1, 0.15) is 12.3 Å². The van der Waals surface area contributed by atoms with Gasteiger partial charge < -0.3 is 9.72 Å². The number of carbonyl (C=O) groups excluding carboxylic acids is 2. The van der Waals surface area contributed by atoms with Crippen LogP contribution in [0.4, 0.5) is 0 Å². The maximum atomic E-state index is 12.1. The van der Waals surface area contributed by atoms with Crippen LogP contribution in [0.5, 0.6) is 0 Å². The highest BCUT2D eigenvalue weighted by molar-refractivity contribution is 7.07. The summed E-state index contributed by atoms with van der Waals surface area (Å²) in [6.07, 6.45) is 0. The van der Waals surface area contributed by atoms with E-state index in [1.54, 1.807) is 23.8 Å². The molecule has 0 aliphatic heterocycles. The number of H-pyrrole nitrogens is 1. The Kier molecular flexibility index (Phi) is 4.65. The monoisotopic (exact) mass is 322 g/mol. The smallest absolute Gasteiger partial charge is 0.355 e. The summed E-state index contributed by atoms with van der Waals surface area (Å²) >= 11 is 1.12. The van der Waals surface area contributed by atoms with Crippen LogP contribution in [0.3, 0.4) is 0 Å². The highest BCUT2D eigenvalue weighted by Gasteiger charge is 2.20. The molecule has 0 spiro atoms. The normalized spacial score (nSPS) is 10.7. The van der Waals surface area contributed by atoms with Crippen LogP contribution in [0.2, 0.25) is 0 Å². The Morgan fingerprint density at radius 1 is 1.32 bits per heavy atom. The number of aromatic amines is 1. The third kappa shape index (κ3) is 3.04. The van der Waals surface area contributed by atoms with Crippen molar-refractivity contribution in [1.29, 1.82) is 0 Å². The first kappa shape index (κ1) is 16.2. The molecular weight excluding hydrogens is 304 g/mol. The first-order valence-electron chi connectivity index (χ1n) is 6.85. The first-order chi connectivity index (χ1) is 10.3. The summed E-state index contributed by atoms with van der Waals surface area (Å²) in [6.45, 7) is 7.17. The number of ketones is 1. The number of esters is 1. The van der Waals surface area contributed by atoms with Gasteiger partial charge in [0, 0.05) is 22.3 Å². The van der Waals surface area contributed by atoms with E-state index in [4.69, 9.17) is 4.74 Å². The Bertz CT molecular complexity index is 782. The highest BCUT2D eigenvalue weighted by atomic mass is 32.1. The van der Waals surface area contributed by atoms with Crippen LogP contribution in [-0.2, 0) is 11.3 Å². The van der Waals surface area contributed by atoms with E-state index in [1.165, 1.54) is 6.92 Å². The number of thiazole rings is 1. The fourth-order valence-electron chi connectivity index (χ4n) is 2.46. The molecule has 6 nitrogen and oxygen atoms in total. The molecule has 0 fully saturated rings. The third-order valence-corrected chi connectivity index (χ3v) is 4.40. The fourth-order valence-corrected chi connectivity index (χ4v) is 3.22. The number of Topliss-reactive ketones (excluding diaryl/α,β-unsaturated/α-hetero) is 1. The summed E-state index contributed by atoms with van der Waals surface area (Å²) in [5, 5.41) is 1.77. The Hall–Kier alpha value is -2.15. The van der Waals surface area contributed by atoms with E-state index >= 15 is 0 Å². The van der Waals surface area contributed by atoms with E-state index in [9.17, 15) is 14.4 Å². The van der Waals surface area contributed by atoms with Crippen LogP contribution >= 0.6 is 11.3 Å². The van der Waals surface area contributed by atoms with Crippen molar-refractivity contribution >= 4 is 23.1 Å². The molecule has 0 amide bonds. The molecule has 22 heavy (non-hydrogen) atoms. The van der Waals surface area contributed by atoms with E-state index in [0.717, 1.165) is 17.0 Å². The van der Waals surface area contributed by atoms with Crippen LogP contribution in [0.15, 0.2) is 10.2 Å². The van der Waals surface area contributed by atoms with Gasteiger partial charge in [-0.3, -0.25) is 14.2 Å². The van der Waals surface area contributed by atoms with Crippen LogP contribution in [0.25, 0.3) is 0 Å². The second kappa shape index (κ2) is 6.31. The average molecular weight is 322 g/mol. The van der Waals surface area contributed by atoms with Crippen LogP contribution in [0.1, 0.15) is 44.7 Å². The molecular formula is C15H18N2O4S. The highest BCUT2D eigenvalue weighted by Crippen LogP contribution is 2.19. The molecule has 0 bridgehead atoms. The fraction of sp³-hybridized carbons (Fsp3) is 0.400. The van der Waals surface area contributed by atoms with Crippen molar-refractivity contribution in [3.8, 4) is 0 Å². The van der Waals surface area contributed by atoms with Crippen LogP contribution in [-0.4, -0.2) is 27.9 Å². The zero-order valence-corrected chi connectivity index (χ0v) is 13.8. The summed E-state index contributed by atoms with van der Waals surface area (Å²) in [5.41, 5.74) is 2.91. The van der Waals surface area contributed by atoms with E-state index in [2.05, 4.69) is 4.98 Å². The second-order valence-corrected chi connectivity index (χ2v) is 5.93. The number of hydrogen-bond donors (Lipinski definition) is 1. The molecule has 0 atom stereocenters. The van der Waals surface area contributed by atoms with Crippen molar-refractivity contribution in [2.75, 3.05) is 6.61 Å². The summed E-state index contributed by atoms with van der Waals surface area (Å²) in [5.74, 6) is -0.611. The van der Waals surface area contributed by atoms with Gasteiger partial charge in [-0.1, -0.05) is 11.3 Å². The molecule has 118 valence electrons. The maximum absolute atomic E-state index is 12.1. The van der Waals surface area contributed by atoms with E-state index in [0.29, 0.717) is 23.4 Å². The van der Waals surface area contributed by atoms with Crippen molar-refractivity contribution in [3.05, 3.63) is 43.3 Å². The van der Waals surface area contributed by atoms with Gasteiger partial charge in [0.15, 0.2) is 5.78 Å². The number of carbonyl (C=O) groups is 2. The summed E-state index contributed by atoms with van der Waals surface area (Å²) in [4.78, 5) is 38.0. The van der Waals surface area contributed by atoms with Gasteiger partial charge in [-0.2, -0.15) is 0 Å². The van der Waals surface area contributed by atoms with E-state index < -0.39 is 5.97 Å². The minimum Gasteiger partial charge on any atom is -0.459 e. The number of nitrogens with zero attached hydrogens (tertiary/aromatic N) is 1. The summed E-state index contributed by atoms with van der Waals surface area (Å²) < 4.78 is 6.76. The zero-order chi connectivity index (χ0) is 16.4. The van der Waals surface area contributed by atoms with E-state index in [1.807, 2.05) is 6.92 Å². The predicted octanol–water partition coefficient (Wildman–Crippen LogP) is 2.22. The molecule has 0 aliphatic rings. The molecule has 0 aliphatic carbocycles. The number of rotatable bonds is 5. The van der Waals surface area contributed by atoms with Gasteiger partial charge in [-0.25, -0.2) is 4.79 Å². The molecule has 7 heteroatoms. The lowest BCUT2D eigenvalue weighted by Gasteiger charge is -2.06. The SMILES string of the molecule is CC(=O)c1c(C)[nH]c(C(=O)OCCn2c(C)csc2=O)c1C. The quantitative estimate of drug-likeness (QED) is 0.676. The average Bonchev–Trinajstić information content (AvgIpc) is 2.91. The number of aryl methyl sites for hydroxylation is 2. The van der Waals surface area contributed by atoms with Crippen LogP contribution < -0.4 is 4.87 Å². The molecule has 0 aromatic carbocycles. The molecule has 2 heterocycles. The minimum absolute atomic E-state index is 0.0701. The standard InChI is InChI=1S/C15H18N2O4S/c1-8-7-22-15(20)17(8)5-6-21-14(19)13-9(2)12(11(4)18)10(3)16-13/h7,16H,5-6H2,1-4H3. The lowest BCUT2D eigenvalue weighted by atomic mass is 10.1. The minimum atomic E-state index is -0.519. The van der Waals surface area contributed by atoms with E-state index in [-0.39, 0.29) is 23.0 Å². The maximum Gasteiger partial charge on any atom is 0.355 e. The number of ether oxygens (including phenoxy) is 1. The lowest BCUT2D eigenvalue weighted by Crippen LogP contribution is -2.20. The van der Waals surface area contributed by atoms with Crippen molar-refractivity contribution < 1.29 is 14.3 Å². The Morgan fingerprint density at radius 3 is 2.50 bits per heavy atom. The van der Waals surface area contributed by atoms with Crippen molar-refractivity contribution in [2.24, 2.45) is 0 Å². The number of nitrogens with one attached hydrogen (secondary N) is 1. The molecule has 0 radical (unpaired) electrons. The predicted molar refractivity (Wildman–Crippen MR) is 83.9 cm³/mol. The molecule has 1 N–H and O–H groups in total. The van der Waals surface area contributed by atoms with Gasteiger partial charge in [-0.05, 0) is 33.3 Å². The molecule has 0 saturated carbocycles. The molecule has 2 aromatic heterocycles. The van der Waals surface area contributed by atoms with Gasteiger partial charge >= 0.3 is 10.8 Å². The van der Waals surface area contributed by atoms with Gasteiger partial charge in [0.25, 0.3) is 0 Å². The number of hydrogen-bond acceptors (Lipinski definition) is 5. The second-order valence-electron chi connectivity index (χ2n) is 5.11. The van der Waals surface area contributed by atoms with Crippen LogP contribution in [0, 0.1) is 20.8 Å². The van der Waals surface area contributed by atoms with Gasteiger partial charge in [-0.15, -0.1) is 0 Å². The summed E-state index contributed by atoms with van der Waals surface area (Å²) in [6, 6.07) is 0. The van der Waals surface area contributed by atoms with Gasteiger partial charge in [0.05, 0.1) is 6.54 Å². The first-order valence-corrected chi connectivity index (χ1v) is 7.73. The molecule has 2 aromatic rings. The molecule has 0 unspecified atom stereocenters. The number of aromatic nitrogens is 2.